The fourth-order valence-corrected chi connectivity index (χ4v) is 4.04. The summed E-state index contributed by atoms with van der Waals surface area (Å²) in [5.74, 6) is -1.08. The van der Waals surface area contributed by atoms with Crippen molar-refractivity contribution in [3.05, 3.63) is 35.4 Å². The number of rotatable bonds is 3. The van der Waals surface area contributed by atoms with Crippen LogP contribution in [0.25, 0.3) is 0 Å². The summed E-state index contributed by atoms with van der Waals surface area (Å²) in [6.07, 6.45) is 2.88. The predicted molar refractivity (Wildman–Crippen MR) is 87.8 cm³/mol. The van der Waals surface area contributed by atoms with E-state index in [0.29, 0.717) is 17.7 Å². The largest absolute Gasteiger partial charge is 0.480 e. The molecule has 3 atom stereocenters. The van der Waals surface area contributed by atoms with Crippen molar-refractivity contribution in [2.45, 2.75) is 25.3 Å². The fraction of sp³-hybridized carbons (Fsp3) is 0.500. The lowest BCUT2D eigenvalue weighted by molar-refractivity contribution is -0.142. The Morgan fingerprint density at radius 3 is 2.54 bits per heavy atom. The van der Waals surface area contributed by atoms with Crippen LogP contribution in [0.2, 0.25) is 0 Å². The molecule has 24 heavy (non-hydrogen) atoms. The molecular formula is C18H22N2O4. The van der Waals surface area contributed by atoms with Gasteiger partial charge in [0.25, 0.3) is 11.8 Å². The number of benzene rings is 1. The maximum atomic E-state index is 12.9. The molecule has 2 amide bonds. The first kappa shape index (κ1) is 16.5. The van der Waals surface area contributed by atoms with Crippen LogP contribution in [0, 0.1) is 11.8 Å². The topological polar surface area (TPSA) is 77.9 Å². The predicted octanol–water partition coefficient (Wildman–Crippen LogP) is 1.71. The average molecular weight is 330 g/mol. The molecular weight excluding hydrogens is 308 g/mol. The minimum absolute atomic E-state index is 0.0537. The van der Waals surface area contributed by atoms with Gasteiger partial charge in [-0.3, -0.25) is 9.59 Å². The second-order valence-electron chi connectivity index (χ2n) is 6.88. The van der Waals surface area contributed by atoms with Gasteiger partial charge < -0.3 is 14.9 Å². The van der Waals surface area contributed by atoms with Crippen molar-refractivity contribution in [2.75, 3.05) is 20.6 Å². The molecule has 128 valence electrons. The van der Waals surface area contributed by atoms with E-state index in [9.17, 15) is 19.5 Å². The maximum absolute atomic E-state index is 12.9. The molecule has 1 heterocycles. The van der Waals surface area contributed by atoms with E-state index in [4.69, 9.17) is 0 Å². The monoisotopic (exact) mass is 330 g/mol. The summed E-state index contributed by atoms with van der Waals surface area (Å²) in [5, 5.41) is 9.59. The molecule has 1 saturated carbocycles. The van der Waals surface area contributed by atoms with E-state index >= 15 is 0 Å². The lowest BCUT2D eigenvalue weighted by Crippen LogP contribution is -2.43. The van der Waals surface area contributed by atoms with Crippen LogP contribution in [-0.4, -0.2) is 59.4 Å². The van der Waals surface area contributed by atoms with E-state index in [0.717, 1.165) is 19.3 Å². The number of nitrogens with zero attached hydrogens (tertiary/aromatic N) is 2. The van der Waals surface area contributed by atoms with E-state index in [1.165, 1.54) is 9.80 Å². The van der Waals surface area contributed by atoms with Gasteiger partial charge >= 0.3 is 5.97 Å². The zero-order chi connectivity index (χ0) is 17.4. The van der Waals surface area contributed by atoms with E-state index in [2.05, 4.69) is 0 Å². The number of aliphatic carboxylic acids is 1. The molecule has 0 aromatic heterocycles. The summed E-state index contributed by atoms with van der Waals surface area (Å²) in [4.78, 5) is 39.6. The number of carbonyl (C=O) groups is 3. The molecule has 1 N–H and O–H groups in total. The molecule has 6 heteroatoms. The van der Waals surface area contributed by atoms with E-state index in [1.54, 1.807) is 38.4 Å². The first-order valence-corrected chi connectivity index (χ1v) is 8.25. The summed E-state index contributed by atoms with van der Waals surface area (Å²) >= 11 is 0. The summed E-state index contributed by atoms with van der Waals surface area (Å²) in [6.45, 7) is 0.492. The fourth-order valence-electron chi connectivity index (χ4n) is 4.04. The Labute approximate surface area is 141 Å². The zero-order valence-electron chi connectivity index (χ0n) is 13.9. The molecule has 1 aromatic rings. The van der Waals surface area contributed by atoms with Gasteiger partial charge in [-0.05, 0) is 42.9 Å². The lowest BCUT2D eigenvalue weighted by Gasteiger charge is -2.24. The minimum atomic E-state index is -0.932. The summed E-state index contributed by atoms with van der Waals surface area (Å²) in [7, 11) is 3.30. The molecule has 2 aliphatic rings. The Morgan fingerprint density at radius 2 is 1.88 bits per heavy atom. The van der Waals surface area contributed by atoms with Crippen LogP contribution in [0.4, 0.5) is 0 Å². The highest BCUT2D eigenvalue weighted by molar-refractivity contribution is 6.00. The van der Waals surface area contributed by atoms with Crippen LogP contribution < -0.4 is 0 Å². The van der Waals surface area contributed by atoms with Crippen molar-refractivity contribution in [1.29, 1.82) is 0 Å². The molecule has 1 saturated heterocycles. The Hall–Kier alpha value is -2.37. The van der Waals surface area contributed by atoms with E-state index in [1.807, 2.05) is 0 Å². The van der Waals surface area contributed by atoms with Crippen molar-refractivity contribution in [2.24, 2.45) is 11.8 Å². The average Bonchev–Trinajstić information content (AvgIpc) is 3.13. The molecule has 2 fully saturated rings. The van der Waals surface area contributed by atoms with Gasteiger partial charge in [0.05, 0.1) is 0 Å². The standard InChI is InChI=1S/C18H22N2O4/c1-19(2)16(21)11-5-3-6-12(9-11)17(22)20-10-13-7-4-8-14(13)15(20)18(23)24/h3,5-6,9,13-15H,4,7-8,10H2,1-2H3,(H,23,24). The van der Waals surface area contributed by atoms with Gasteiger partial charge in [-0.15, -0.1) is 0 Å². The number of hydrogen-bond donors (Lipinski definition) is 1. The quantitative estimate of drug-likeness (QED) is 0.915. The Morgan fingerprint density at radius 1 is 1.17 bits per heavy atom. The molecule has 0 spiro atoms. The third-order valence-electron chi connectivity index (χ3n) is 5.17. The second-order valence-corrected chi connectivity index (χ2v) is 6.88. The molecule has 0 bridgehead atoms. The molecule has 3 unspecified atom stereocenters. The van der Waals surface area contributed by atoms with Gasteiger partial charge in [-0.1, -0.05) is 12.5 Å². The highest BCUT2D eigenvalue weighted by Crippen LogP contribution is 2.42. The highest BCUT2D eigenvalue weighted by Gasteiger charge is 2.49. The number of carboxylic acid groups (broad SMARTS) is 1. The first-order chi connectivity index (χ1) is 11.4. The first-order valence-electron chi connectivity index (χ1n) is 8.25. The Kier molecular flexibility index (Phi) is 4.30. The van der Waals surface area contributed by atoms with Crippen molar-refractivity contribution < 1.29 is 19.5 Å². The van der Waals surface area contributed by atoms with Gasteiger partial charge in [-0.2, -0.15) is 0 Å². The van der Waals surface area contributed by atoms with Gasteiger partial charge in [0.15, 0.2) is 0 Å². The lowest BCUT2D eigenvalue weighted by atomic mass is 9.94. The molecule has 1 aliphatic heterocycles. The Bertz CT molecular complexity index is 685. The normalized spacial score (nSPS) is 25.4. The van der Waals surface area contributed by atoms with Crippen LogP contribution in [0.1, 0.15) is 40.0 Å². The molecule has 0 radical (unpaired) electrons. The van der Waals surface area contributed by atoms with Crippen molar-refractivity contribution in [3.8, 4) is 0 Å². The van der Waals surface area contributed by atoms with Crippen LogP contribution in [0.5, 0.6) is 0 Å². The second kappa shape index (κ2) is 6.26. The number of amides is 2. The van der Waals surface area contributed by atoms with Crippen LogP contribution in [0.3, 0.4) is 0 Å². The number of carbonyl (C=O) groups excluding carboxylic acids is 2. The van der Waals surface area contributed by atoms with Gasteiger partial charge in [0.2, 0.25) is 0 Å². The smallest absolute Gasteiger partial charge is 0.326 e. The number of likely N-dealkylation sites (tertiary alicyclic amines) is 1. The molecule has 1 aromatic carbocycles. The molecule has 6 nitrogen and oxygen atoms in total. The van der Waals surface area contributed by atoms with Crippen LogP contribution >= 0.6 is 0 Å². The summed E-state index contributed by atoms with van der Waals surface area (Å²) in [6, 6.07) is 5.76. The summed E-state index contributed by atoms with van der Waals surface area (Å²) in [5.41, 5.74) is 0.797. The zero-order valence-corrected chi connectivity index (χ0v) is 13.9. The highest BCUT2D eigenvalue weighted by atomic mass is 16.4. The van der Waals surface area contributed by atoms with E-state index < -0.39 is 12.0 Å². The SMILES string of the molecule is CN(C)C(=O)c1cccc(C(=O)N2CC3CCCC3C2C(=O)O)c1. The van der Waals surface area contributed by atoms with Gasteiger partial charge in [0.1, 0.15) is 6.04 Å². The van der Waals surface area contributed by atoms with Crippen molar-refractivity contribution in [1.82, 2.24) is 9.80 Å². The van der Waals surface area contributed by atoms with E-state index in [-0.39, 0.29) is 23.7 Å². The van der Waals surface area contributed by atoms with Crippen LogP contribution in [0.15, 0.2) is 24.3 Å². The summed E-state index contributed by atoms with van der Waals surface area (Å²) < 4.78 is 0. The van der Waals surface area contributed by atoms with Crippen molar-refractivity contribution >= 4 is 17.8 Å². The van der Waals surface area contributed by atoms with Gasteiger partial charge in [0, 0.05) is 31.8 Å². The third-order valence-corrected chi connectivity index (χ3v) is 5.17. The number of hydrogen-bond acceptors (Lipinski definition) is 3. The molecule has 3 rings (SSSR count). The third kappa shape index (κ3) is 2.77. The minimum Gasteiger partial charge on any atom is -0.480 e. The molecule has 1 aliphatic carbocycles. The maximum Gasteiger partial charge on any atom is 0.326 e. The van der Waals surface area contributed by atoms with Gasteiger partial charge in [-0.25, -0.2) is 4.79 Å². The van der Waals surface area contributed by atoms with Crippen LogP contribution in [-0.2, 0) is 4.79 Å². The Balaban J connectivity index is 1.87. The number of fused-ring (bicyclic) bond motifs is 1. The van der Waals surface area contributed by atoms with Crippen molar-refractivity contribution in [3.63, 3.8) is 0 Å². The number of carboxylic acids is 1.